The van der Waals surface area contributed by atoms with E-state index in [-0.39, 0.29) is 0 Å². The first-order chi connectivity index (χ1) is 10.4. The predicted molar refractivity (Wildman–Crippen MR) is 93.0 cm³/mol. The van der Waals surface area contributed by atoms with E-state index < -0.39 is 0 Å². The summed E-state index contributed by atoms with van der Waals surface area (Å²) in [6.45, 7) is 1.57. The molecule has 0 aliphatic rings. The lowest BCUT2D eigenvalue weighted by atomic mass is 10.1. The van der Waals surface area contributed by atoms with Gasteiger partial charge in [-0.05, 0) is 42.4 Å². The van der Waals surface area contributed by atoms with Crippen molar-refractivity contribution in [1.82, 2.24) is 0 Å². The number of alkyl halides is 1. The normalized spacial score (nSPS) is 10.7. The smallest absolute Gasteiger partial charge is 0.0719 e. The van der Waals surface area contributed by atoms with Crippen LogP contribution < -0.4 is 0 Å². The van der Waals surface area contributed by atoms with Gasteiger partial charge >= 0.3 is 0 Å². The summed E-state index contributed by atoms with van der Waals surface area (Å²) in [4.78, 5) is 0. The molecule has 0 aliphatic heterocycles. The molecule has 0 unspecified atom stereocenters. The maximum atomic E-state index is 5.83. The van der Waals surface area contributed by atoms with Crippen molar-refractivity contribution in [3.63, 3.8) is 0 Å². The highest BCUT2D eigenvalue weighted by Crippen LogP contribution is 2.12. The number of halogens is 1. The van der Waals surface area contributed by atoms with Gasteiger partial charge < -0.3 is 4.74 Å². The molecule has 0 aliphatic carbocycles. The second-order valence-electron chi connectivity index (χ2n) is 5.20. The molecule has 0 amide bonds. The molecule has 112 valence electrons. The van der Waals surface area contributed by atoms with Crippen LogP contribution in [0.1, 0.15) is 29.5 Å². The number of rotatable bonds is 9. The third-order valence-electron chi connectivity index (χ3n) is 3.59. The summed E-state index contributed by atoms with van der Waals surface area (Å²) in [7, 11) is 0. The Morgan fingerprint density at radius 1 is 0.762 bits per heavy atom. The van der Waals surface area contributed by atoms with Gasteiger partial charge in [-0.3, -0.25) is 0 Å². The molecule has 21 heavy (non-hydrogen) atoms. The fourth-order valence-corrected chi connectivity index (χ4v) is 2.83. The second-order valence-corrected chi connectivity index (χ2v) is 6.00. The molecular formula is C19H23BrO. The lowest BCUT2D eigenvalue weighted by molar-refractivity contribution is 0.117. The van der Waals surface area contributed by atoms with Crippen LogP contribution in [0.4, 0.5) is 0 Å². The molecule has 1 nitrogen and oxygen atoms in total. The van der Waals surface area contributed by atoms with E-state index in [1.807, 2.05) is 0 Å². The SMILES string of the molecule is BrCCc1ccccc1COCCCCc1ccccc1. The Hall–Kier alpha value is -1.12. The van der Waals surface area contributed by atoms with Gasteiger partial charge in [0, 0.05) is 11.9 Å². The van der Waals surface area contributed by atoms with Crippen molar-refractivity contribution in [1.29, 1.82) is 0 Å². The molecule has 0 aromatic heterocycles. The third-order valence-corrected chi connectivity index (χ3v) is 3.98. The van der Waals surface area contributed by atoms with Crippen LogP contribution in [0.3, 0.4) is 0 Å². The average Bonchev–Trinajstić information content (AvgIpc) is 2.53. The van der Waals surface area contributed by atoms with E-state index >= 15 is 0 Å². The van der Waals surface area contributed by atoms with Gasteiger partial charge in [0.1, 0.15) is 0 Å². The zero-order valence-corrected chi connectivity index (χ0v) is 14.0. The quantitative estimate of drug-likeness (QED) is 0.449. The Balaban J connectivity index is 1.64. The van der Waals surface area contributed by atoms with Gasteiger partial charge in [-0.2, -0.15) is 0 Å². The van der Waals surface area contributed by atoms with E-state index in [0.717, 1.165) is 37.8 Å². The zero-order chi connectivity index (χ0) is 14.8. The molecule has 2 rings (SSSR count). The number of aryl methyl sites for hydroxylation is 2. The summed E-state index contributed by atoms with van der Waals surface area (Å²) in [6, 6.07) is 19.2. The molecular weight excluding hydrogens is 324 g/mol. The number of hydrogen-bond donors (Lipinski definition) is 0. The monoisotopic (exact) mass is 346 g/mol. The minimum atomic E-state index is 0.731. The van der Waals surface area contributed by atoms with Gasteiger partial charge in [0.05, 0.1) is 6.61 Å². The Kier molecular flexibility index (Phi) is 7.55. The summed E-state index contributed by atoms with van der Waals surface area (Å²) in [6.07, 6.45) is 4.51. The van der Waals surface area contributed by atoms with E-state index in [1.54, 1.807) is 0 Å². The van der Waals surface area contributed by atoms with E-state index in [9.17, 15) is 0 Å². The Morgan fingerprint density at radius 2 is 1.48 bits per heavy atom. The molecule has 2 aromatic rings. The highest BCUT2D eigenvalue weighted by Gasteiger charge is 2.01. The van der Waals surface area contributed by atoms with Crippen molar-refractivity contribution in [2.45, 2.75) is 32.3 Å². The molecule has 0 spiro atoms. The van der Waals surface area contributed by atoms with Gasteiger partial charge in [-0.15, -0.1) is 0 Å². The molecule has 0 heterocycles. The first-order valence-electron chi connectivity index (χ1n) is 7.64. The number of unbranched alkanes of at least 4 members (excludes halogenated alkanes) is 1. The summed E-state index contributed by atoms with van der Waals surface area (Å²) < 4.78 is 5.83. The van der Waals surface area contributed by atoms with Crippen molar-refractivity contribution in [3.8, 4) is 0 Å². The Bertz CT molecular complexity index is 510. The lowest BCUT2D eigenvalue weighted by Gasteiger charge is -2.09. The van der Waals surface area contributed by atoms with E-state index in [1.165, 1.54) is 23.1 Å². The van der Waals surface area contributed by atoms with Gasteiger partial charge in [-0.25, -0.2) is 0 Å². The van der Waals surface area contributed by atoms with Gasteiger partial charge in [0.2, 0.25) is 0 Å². The minimum Gasteiger partial charge on any atom is -0.377 e. The number of hydrogen-bond acceptors (Lipinski definition) is 1. The average molecular weight is 347 g/mol. The van der Waals surface area contributed by atoms with Gasteiger partial charge in [-0.1, -0.05) is 70.5 Å². The molecule has 0 N–H and O–H groups in total. The molecule has 0 fully saturated rings. The summed E-state index contributed by atoms with van der Waals surface area (Å²) >= 11 is 3.50. The van der Waals surface area contributed by atoms with Crippen molar-refractivity contribution < 1.29 is 4.74 Å². The zero-order valence-electron chi connectivity index (χ0n) is 12.4. The van der Waals surface area contributed by atoms with Crippen molar-refractivity contribution in [2.24, 2.45) is 0 Å². The van der Waals surface area contributed by atoms with E-state index in [4.69, 9.17) is 4.74 Å². The van der Waals surface area contributed by atoms with E-state index in [0.29, 0.717) is 0 Å². The predicted octanol–water partition coefficient (Wildman–Crippen LogP) is 5.16. The molecule has 0 bridgehead atoms. The Morgan fingerprint density at radius 3 is 2.24 bits per heavy atom. The summed E-state index contributed by atoms with van der Waals surface area (Å²) in [5, 5.41) is 1.00. The van der Waals surface area contributed by atoms with Crippen LogP contribution in [0.15, 0.2) is 54.6 Å². The molecule has 0 radical (unpaired) electrons. The fourth-order valence-electron chi connectivity index (χ4n) is 2.40. The maximum Gasteiger partial charge on any atom is 0.0719 e. The largest absolute Gasteiger partial charge is 0.377 e. The van der Waals surface area contributed by atoms with Crippen LogP contribution in [-0.4, -0.2) is 11.9 Å². The fraction of sp³-hybridized carbons (Fsp3) is 0.368. The van der Waals surface area contributed by atoms with Crippen LogP contribution in [0, 0.1) is 0 Å². The third kappa shape index (κ3) is 6.03. The minimum absolute atomic E-state index is 0.731. The Labute approximate surface area is 136 Å². The highest BCUT2D eigenvalue weighted by molar-refractivity contribution is 9.09. The molecule has 0 atom stereocenters. The van der Waals surface area contributed by atoms with Crippen LogP contribution in [0.2, 0.25) is 0 Å². The maximum absolute atomic E-state index is 5.83. The molecule has 0 saturated heterocycles. The van der Waals surface area contributed by atoms with Crippen molar-refractivity contribution in [2.75, 3.05) is 11.9 Å². The van der Waals surface area contributed by atoms with Crippen LogP contribution >= 0.6 is 15.9 Å². The first kappa shape index (κ1) is 16.3. The van der Waals surface area contributed by atoms with Gasteiger partial charge in [0.15, 0.2) is 0 Å². The topological polar surface area (TPSA) is 9.23 Å². The lowest BCUT2D eigenvalue weighted by Crippen LogP contribution is -2.00. The van der Waals surface area contributed by atoms with Crippen LogP contribution in [-0.2, 0) is 24.2 Å². The van der Waals surface area contributed by atoms with Crippen LogP contribution in [0.5, 0.6) is 0 Å². The first-order valence-corrected chi connectivity index (χ1v) is 8.76. The van der Waals surface area contributed by atoms with Gasteiger partial charge in [0.25, 0.3) is 0 Å². The molecule has 0 saturated carbocycles. The molecule has 2 heteroatoms. The standard InChI is InChI=1S/C19H23BrO/c20-14-13-18-11-4-5-12-19(18)16-21-15-7-6-10-17-8-2-1-3-9-17/h1-5,8-9,11-12H,6-7,10,13-16H2. The molecule has 2 aromatic carbocycles. The summed E-state index contributed by atoms with van der Waals surface area (Å²) in [5.74, 6) is 0. The van der Waals surface area contributed by atoms with E-state index in [2.05, 4.69) is 70.5 Å². The summed E-state index contributed by atoms with van der Waals surface area (Å²) in [5.41, 5.74) is 4.12. The second kappa shape index (κ2) is 9.75. The number of ether oxygens (including phenoxy) is 1. The van der Waals surface area contributed by atoms with Crippen molar-refractivity contribution >= 4 is 15.9 Å². The van der Waals surface area contributed by atoms with Crippen molar-refractivity contribution in [3.05, 3.63) is 71.3 Å². The number of benzene rings is 2. The van der Waals surface area contributed by atoms with Crippen LogP contribution in [0.25, 0.3) is 0 Å². The highest BCUT2D eigenvalue weighted by atomic mass is 79.9.